The summed E-state index contributed by atoms with van der Waals surface area (Å²) in [4.78, 5) is 19.4. The molecule has 6 heteroatoms. The highest BCUT2D eigenvalue weighted by Crippen LogP contribution is 2.30. The van der Waals surface area contributed by atoms with Crippen LogP contribution in [-0.2, 0) is 6.54 Å². The van der Waals surface area contributed by atoms with Crippen molar-refractivity contribution in [3.05, 3.63) is 73.9 Å². The Balaban J connectivity index is 1.77. The molecule has 0 aliphatic heterocycles. The van der Waals surface area contributed by atoms with E-state index in [0.717, 1.165) is 24.6 Å². The molecule has 3 aromatic heterocycles. The van der Waals surface area contributed by atoms with Crippen molar-refractivity contribution in [2.24, 2.45) is 0 Å². The van der Waals surface area contributed by atoms with Crippen LogP contribution in [0.5, 0.6) is 0 Å². The molecule has 1 aromatic carbocycles. The van der Waals surface area contributed by atoms with Gasteiger partial charge in [-0.1, -0.05) is 30.3 Å². The topological polar surface area (TPSA) is 34.9 Å². The van der Waals surface area contributed by atoms with E-state index in [1.54, 1.807) is 22.2 Å². The van der Waals surface area contributed by atoms with Crippen LogP contribution in [0.15, 0.2) is 63.4 Å². The molecule has 0 saturated carbocycles. The van der Waals surface area contributed by atoms with Gasteiger partial charge in [0.2, 0.25) is 0 Å². The summed E-state index contributed by atoms with van der Waals surface area (Å²) in [6.45, 7) is 0.552. The minimum Gasteiger partial charge on any atom is -0.293 e. The summed E-state index contributed by atoms with van der Waals surface area (Å²) >= 11 is 6.59. The lowest BCUT2D eigenvalue weighted by Gasteiger charge is -2.02. The van der Waals surface area contributed by atoms with E-state index in [1.165, 1.54) is 11.3 Å². The van der Waals surface area contributed by atoms with E-state index in [0.29, 0.717) is 11.2 Å². The number of nitrogens with zero attached hydrogens (tertiary/aromatic N) is 2. The second-order valence-corrected chi connectivity index (χ2v) is 8.67. The van der Waals surface area contributed by atoms with Gasteiger partial charge in [0.25, 0.3) is 5.56 Å². The first kappa shape index (κ1) is 14.8. The fraction of sp³-hybridized carbons (Fsp3) is 0.0588. The van der Waals surface area contributed by atoms with Crippen molar-refractivity contribution in [3.8, 4) is 10.4 Å². The van der Waals surface area contributed by atoms with Gasteiger partial charge in [-0.3, -0.25) is 9.36 Å². The summed E-state index contributed by atoms with van der Waals surface area (Å²) < 4.78 is 3.45. The average Bonchev–Trinajstić information content (AvgIpc) is 3.18. The minimum atomic E-state index is 0.0201. The summed E-state index contributed by atoms with van der Waals surface area (Å²) in [5, 5.41) is 0. The molecule has 4 rings (SSSR count). The number of hydrogen-bond acceptors (Lipinski definition) is 4. The Bertz CT molecular complexity index is 1030. The highest BCUT2D eigenvalue weighted by atomic mass is 79.9. The van der Waals surface area contributed by atoms with Gasteiger partial charge in [-0.05, 0) is 39.7 Å². The van der Waals surface area contributed by atoms with Gasteiger partial charge in [-0.2, -0.15) is 0 Å². The largest absolute Gasteiger partial charge is 0.293 e. The molecule has 0 N–H and O–H groups in total. The summed E-state index contributed by atoms with van der Waals surface area (Å²) in [6, 6.07) is 16.1. The maximum atomic E-state index is 12.7. The van der Waals surface area contributed by atoms with Gasteiger partial charge in [-0.15, -0.1) is 22.7 Å². The minimum absolute atomic E-state index is 0.0201. The van der Waals surface area contributed by atoms with Crippen molar-refractivity contribution in [2.75, 3.05) is 0 Å². The van der Waals surface area contributed by atoms with E-state index in [-0.39, 0.29) is 5.56 Å². The Morgan fingerprint density at radius 2 is 1.91 bits per heavy atom. The number of fused-ring (bicyclic) bond motifs is 1. The molecule has 0 aliphatic rings. The monoisotopic (exact) mass is 402 g/mol. The Kier molecular flexibility index (Phi) is 3.88. The molecule has 23 heavy (non-hydrogen) atoms. The molecule has 4 aromatic rings. The van der Waals surface area contributed by atoms with Crippen molar-refractivity contribution in [2.45, 2.75) is 6.54 Å². The summed E-state index contributed by atoms with van der Waals surface area (Å²) in [5.41, 5.74) is 1.90. The van der Waals surface area contributed by atoms with Crippen LogP contribution in [0.2, 0.25) is 0 Å². The molecule has 0 bridgehead atoms. The molecule has 3 nitrogen and oxygen atoms in total. The predicted molar refractivity (Wildman–Crippen MR) is 100 cm³/mol. The molecule has 3 heterocycles. The zero-order valence-electron chi connectivity index (χ0n) is 11.9. The van der Waals surface area contributed by atoms with Crippen molar-refractivity contribution in [3.63, 3.8) is 0 Å². The Labute approximate surface area is 149 Å². The number of aromatic nitrogens is 2. The normalized spacial score (nSPS) is 11.2. The van der Waals surface area contributed by atoms with Crippen LogP contribution in [0.1, 0.15) is 4.88 Å². The molecule has 114 valence electrons. The van der Waals surface area contributed by atoms with Crippen molar-refractivity contribution >= 4 is 48.8 Å². The molecular weight excluding hydrogens is 392 g/mol. The third kappa shape index (κ3) is 2.89. The van der Waals surface area contributed by atoms with Gasteiger partial charge >= 0.3 is 0 Å². The van der Waals surface area contributed by atoms with E-state index in [4.69, 9.17) is 0 Å². The molecule has 0 unspecified atom stereocenters. The Morgan fingerprint density at radius 1 is 1.09 bits per heavy atom. The van der Waals surface area contributed by atoms with Crippen LogP contribution in [0.3, 0.4) is 0 Å². The van der Waals surface area contributed by atoms with Crippen LogP contribution in [0.4, 0.5) is 0 Å². The Morgan fingerprint density at radius 3 is 2.65 bits per heavy atom. The quantitative estimate of drug-likeness (QED) is 0.483. The van der Waals surface area contributed by atoms with Crippen LogP contribution in [-0.4, -0.2) is 9.55 Å². The molecular formula is C17H11BrN2OS2. The van der Waals surface area contributed by atoms with E-state index >= 15 is 0 Å². The molecule has 0 saturated heterocycles. The molecule has 0 radical (unpaired) electrons. The number of benzene rings is 1. The van der Waals surface area contributed by atoms with Gasteiger partial charge in [-0.25, -0.2) is 4.98 Å². The van der Waals surface area contributed by atoms with Crippen LogP contribution in [0, 0.1) is 0 Å². The second kappa shape index (κ2) is 6.03. The fourth-order valence-electron chi connectivity index (χ4n) is 2.41. The Hall–Kier alpha value is -1.76. The van der Waals surface area contributed by atoms with Gasteiger partial charge in [0, 0.05) is 9.75 Å². The maximum absolute atomic E-state index is 12.7. The predicted octanol–water partition coefficient (Wildman–Crippen LogP) is 5.00. The summed E-state index contributed by atoms with van der Waals surface area (Å²) in [6.07, 6.45) is 1.64. The van der Waals surface area contributed by atoms with Crippen LogP contribution >= 0.6 is 38.6 Å². The SMILES string of the molecule is O=c1c2sc(-c3ccccc3)cc2ncn1Cc1ccc(Br)s1. The number of hydrogen-bond donors (Lipinski definition) is 0. The zero-order chi connectivity index (χ0) is 15.8. The molecule has 0 amide bonds. The van der Waals surface area contributed by atoms with E-state index in [9.17, 15) is 4.79 Å². The zero-order valence-corrected chi connectivity index (χ0v) is 15.1. The first-order chi connectivity index (χ1) is 11.2. The van der Waals surface area contributed by atoms with Crippen molar-refractivity contribution < 1.29 is 0 Å². The first-order valence-electron chi connectivity index (χ1n) is 6.99. The summed E-state index contributed by atoms with van der Waals surface area (Å²) in [5.74, 6) is 0. The van der Waals surface area contributed by atoms with Crippen LogP contribution < -0.4 is 5.56 Å². The smallest absolute Gasteiger partial charge is 0.271 e. The second-order valence-electron chi connectivity index (χ2n) is 5.07. The highest BCUT2D eigenvalue weighted by molar-refractivity contribution is 9.11. The average molecular weight is 403 g/mol. The number of rotatable bonds is 3. The third-order valence-corrected chi connectivity index (χ3v) is 6.29. The van der Waals surface area contributed by atoms with E-state index < -0.39 is 0 Å². The fourth-order valence-corrected chi connectivity index (χ4v) is 4.95. The summed E-state index contributed by atoms with van der Waals surface area (Å²) in [7, 11) is 0. The van der Waals surface area contributed by atoms with Crippen molar-refractivity contribution in [1.82, 2.24) is 9.55 Å². The van der Waals surface area contributed by atoms with E-state index in [2.05, 4.69) is 20.9 Å². The standard InChI is InChI=1S/C17H11BrN2OS2/c18-15-7-6-12(22-15)9-20-10-19-13-8-14(23-16(13)17(20)21)11-4-2-1-3-5-11/h1-8,10H,9H2. The van der Waals surface area contributed by atoms with Gasteiger partial charge in [0.05, 0.1) is 22.2 Å². The van der Waals surface area contributed by atoms with Gasteiger partial charge in [0.1, 0.15) is 4.70 Å². The first-order valence-corrected chi connectivity index (χ1v) is 9.42. The number of halogens is 1. The van der Waals surface area contributed by atoms with Gasteiger partial charge in [0.15, 0.2) is 0 Å². The van der Waals surface area contributed by atoms with Crippen molar-refractivity contribution in [1.29, 1.82) is 0 Å². The van der Waals surface area contributed by atoms with Crippen LogP contribution in [0.25, 0.3) is 20.7 Å². The molecule has 0 atom stereocenters. The number of thiophene rings is 2. The molecule has 0 aliphatic carbocycles. The highest BCUT2D eigenvalue weighted by Gasteiger charge is 2.11. The lowest BCUT2D eigenvalue weighted by atomic mass is 10.2. The maximum Gasteiger partial charge on any atom is 0.271 e. The third-order valence-electron chi connectivity index (χ3n) is 3.52. The lowest BCUT2D eigenvalue weighted by molar-refractivity contribution is 0.760. The molecule has 0 spiro atoms. The molecule has 0 fully saturated rings. The lowest BCUT2D eigenvalue weighted by Crippen LogP contribution is -2.19. The van der Waals surface area contributed by atoms with Gasteiger partial charge < -0.3 is 0 Å². The van der Waals surface area contributed by atoms with E-state index in [1.807, 2.05) is 48.5 Å².